The smallest absolute Gasteiger partial charge is 0.147 e. The van der Waals surface area contributed by atoms with E-state index in [-0.39, 0.29) is 46.5 Å². The van der Waals surface area contributed by atoms with Gasteiger partial charge in [0.1, 0.15) is 0 Å². The third-order valence-electron chi connectivity index (χ3n) is 15.3. The van der Waals surface area contributed by atoms with E-state index in [0.717, 1.165) is 12.8 Å². The Labute approximate surface area is 428 Å². The molecule has 0 spiro atoms. The van der Waals surface area contributed by atoms with Crippen LogP contribution in [0.4, 0.5) is 0 Å². The van der Waals surface area contributed by atoms with E-state index in [0.29, 0.717) is 0 Å². The second-order valence-electron chi connectivity index (χ2n) is 24.2. The van der Waals surface area contributed by atoms with Crippen molar-refractivity contribution in [2.24, 2.45) is 0 Å². The molecule has 2 fully saturated rings. The molecule has 4 aromatic carbocycles. The van der Waals surface area contributed by atoms with Crippen molar-refractivity contribution in [2.45, 2.75) is 182 Å². The molecular formula is C62H78Cl2Hf2. The number of fused-ring (bicyclic) bond motifs is 6. The molecule has 0 nitrogen and oxygen atoms in total. The summed E-state index contributed by atoms with van der Waals surface area (Å²) in [7, 11) is 0. The van der Waals surface area contributed by atoms with Crippen LogP contribution in [-0.4, -0.2) is 6.51 Å². The van der Waals surface area contributed by atoms with Gasteiger partial charge in [0.05, 0.1) is 0 Å². The van der Waals surface area contributed by atoms with Crippen LogP contribution in [0.1, 0.15) is 192 Å². The van der Waals surface area contributed by atoms with E-state index in [1.165, 1.54) is 97.6 Å². The maximum atomic E-state index is 2.68. The minimum atomic E-state index is -2.27. The first kappa shape index (κ1) is 51.7. The number of allylic oxidation sites excluding steroid dienone is 8. The van der Waals surface area contributed by atoms with Crippen LogP contribution in [0.25, 0.3) is 22.3 Å². The Balaban J connectivity index is 0.000000191. The average molecular weight is 1250 g/mol. The molecule has 0 radical (unpaired) electrons. The first-order valence-electron chi connectivity index (χ1n) is 25.0. The molecule has 0 atom stereocenters. The van der Waals surface area contributed by atoms with Crippen molar-refractivity contribution in [1.29, 1.82) is 0 Å². The number of halogens is 2. The third kappa shape index (κ3) is 10.5. The second kappa shape index (κ2) is 20.0. The van der Waals surface area contributed by atoms with Crippen LogP contribution in [0.15, 0.2) is 104 Å². The van der Waals surface area contributed by atoms with E-state index in [2.05, 4.69) is 180 Å². The standard InChI is InChI=1S/2C21H25.2C5H8.2C5H5.2ClH.2Hf/c2*1-20(2,3)16-9-7-14-11-15-8-10-17(21(4,5)6)13-19(15)18(14)12-16;4*1-2-4-5-3-1;;;;/h2*7,9-10,12-13H,11H2,1-6H3;2*1-4H2;2*1-3H,4H2;2*1H;;. The number of hydrogen-bond donors (Lipinski definition) is 0. The molecular weight excluding hydrogens is 1170 g/mol. The van der Waals surface area contributed by atoms with Crippen molar-refractivity contribution >= 4 is 38.0 Å². The molecule has 6 aliphatic rings. The zero-order chi connectivity index (χ0) is 45.3. The predicted molar refractivity (Wildman–Crippen MR) is 289 cm³/mol. The molecule has 4 heteroatoms. The minimum Gasteiger partial charge on any atom is -0.147 e. The summed E-state index contributed by atoms with van der Waals surface area (Å²) in [6.07, 6.45) is 30.4. The topological polar surface area (TPSA) is 0 Å². The average Bonchev–Trinajstić information content (AvgIpc) is 4.08. The Morgan fingerprint density at radius 2 is 0.727 bits per heavy atom. The minimum absolute atomic E-state index is 0. The maximum Gasteiger partial charge on any atom is -0.147 e. The molecule has 0 aromatic heterocycles. The van der Waals surface area contributed by atoms with Crippen LogP contribution in [0.2, 0.25) is 0 Å². The summed E-state index contributed by atoms with van der Waals surface area (Å²) in [5, 5.41) is 0. The summed E-state index contributed by atoms with van der Waals surface area (Å²) in [5.74, 6) is 0. The Bertz CT molecular complexity index is 2530. The molecule has 2 saturated carbocycles. The van der Waals surface area contributed by atoms with Crippen molar-refractivity contribution in [3.05, 3.63) is 148 Å². The van der Waals surface area contributed by atoms with E-state index in [1.54, 1.807) is 33.4 Å². The summed E-state index contributed by atoms with van der Waals surface area (Å²) < 4.78 is 11.3. The summed E-state index contributed by atoms with van der Waals surface area (Å²) >= 11 is -4.53. The van der Waals surface area contributed by atoms with E-state index in [4.69, 9.17) is 0 Å². The number of benzene rings is 4. The van der Waals surface area contributed by atoms with Crippen LogP contribution in [0.5, 0.6) is 0 Å². The molecule has 4 aromatic rings. The molecule has 66 heavy (non-hydrogen) atoms. The van der Waals surface area contributed by atoms with Gasteiger partial charge in [0.15, 0.2) is 0 Å². The molecule has 6 aliphatic carbocycles. The summed E-state index contributed by atoms with van der Waals surface area (Å²) in [6.45, 7) is 28.4. The van der Waals surface area contributed by atoms with Gasteiger partial charge < -0.3 is 0 Å². The van der Waals surface area contributed by atoms with Gasteiger partial charge >= 0.3 is 407 Å². The van der Waals surface area contributed by atoms with Crippen molar-refractivity contribution in [3.63, 3.8) is 0 Å². The molecule has 0 bridgehead atoms. The van der Waals surface area contributed by atoms with Crippen molar-refractivity contribution in [3.8, 4) is 22.3 Å². The van der Waals surface area contributed by atoms with Gasteiger partial charge in [0, 0.05) is 0 Å². The SMILES string of the molecule is CC(C)(C)c1ccc2c(c1)-c1cc(C(C)(C)C)c[c]([Hf]([C]3=CC=CC3)=[C]3CCCC3)c1C2.CC(C)(C)c1ccc2c(c1)-c1cc(C(C)(C)C)c[c]([Hf]([C]3=CC=CC3)=[C]3CCCC3)c1C2.Cl.Cl. The molecule has 0 aliphatic heterocycles. The Kier molecular flexibility index (Phi) is 15.6. The fraction of sp³-hybridized carbons (Fsp3) is 0.452. The van der Waals surface area contributed by atoms with Crippen LogP contribution in [0.3, 0.4) is 0 Å². The van der Waals surface area contributed by atoms with Gasteiger partial charge in [-0.3, -0.25) is 0 Å². The van der Waals surface area contributed by atoms with Crippen molar-refractivity contribution in [1.82, 2.24) is 0 Å². The summed E-state index contributed by atoms with van der Waals surface area (Å²) in [4.78, 5) is 0. The van der Waals surface area contributed by atoms with E-state index in [1.807, 2.05) is 19.8 Å². The quantitative estimate of drug-likeness (QED) is 0.154. The fourth-order valence-corrected chi connectivity index (χ4v) is 36.1. The molecule has 0 amide bonds. The first-order valence-corrected chi connectivity index (χ1v) is 35.8. The molecule has 348 valence electrons. The molecule has 0 heterocycles. The number of hydrogen-bond acceptors (Lipinski definition) is 0. The normalized spacial score (nSPS) is 17.0. The van der Waals surface area contributed by atoms with Gasteiger partial charge in [-0.05, 0) is 0 Å². The van der Waals surface area contributed by atoms with Gasteiger partial charge in [-0.2, -0.15) is 0 Å². The monoisotopic (exact) mass is 1250 g/mol. The summed E-state index contributed by atoms with van der Waals surface area (Å²) in [6, 6.07) is 25.1. The van der Waals surface area contributed by atoms with Gasteiger partial charge in [-0.15, -0.1) is 24.8 Å². The van der Waals surface area contributed by atoms with Gasteiger partial charge in [0.25, 0.3) is 0 Å². The van der Waals surface area contributed by atoms with E-state index < -0.39 is 41.9 Å². The molecule has 0 saturated heterocycles. The Morgan fingerprint density at radius 3 is 1.03 bits per heavy atom. The Hall–Kier alpha value is -2.10. The molecule has 0 N–H and O–H groups in total. The summed E-state index contributed by atoms with van der Waals surface area (Å²) in [5.41, 5.74) is 19.3. The Morgan fingerprint density at radius 1 is 0.394 bits per heavy atom. The first-order chi connectivity index (χ1) is 30.3. The van der Waals surface area contributed by atoms with Crippen molar-refractivity contribution < 1.29 is 41.9 Å². The zero-order valence-electron chi connectivity index (χ0n) is 42.5. The molecule has 0 unspecified atom stereocenters. The van der Waals surface area contributed by atoms with Crippen LogP contribution < -0.4 is 6.64 Å². The molecule has 10 rings (SSSR count). The predicted octanol–water partition coefficient (Wildman–Crippen LogP) is 16.2. The van der Waals surface area contributed by atoms with Gasteiger partial charge in [-0.1, -0.05) is 0 Å². The largest absolute Gasteiger partial charge is 0.147 e. The van der Waals surface area contributed by atoms with Crippen LogP contribution >= 0.6 is 24.8 Å². The van der Waals surface area contributed by atoms with Crippen molar-refractivity contribution in [2.75, 3.05) is 0 Å². The zero-order valence-corrected chi connectivity index (χ0v) is 51.4. The van der Waals surface area contributed by atoms with Crippen LogP contribution in [-0.2, 0) is 76.4 Å². The van der Waals surface area contributed by atoms with Crippen LogP contribution in [0, 0.1) is 0 Å². The maximum absolute atomic E-state index is 2.68. The fourth-order valence-electron chi connectivity index (χ4n) is 11.3. The van der Waals surface area contributed by atoms with E-state index in [9.17, 15) is 0 Å². The third-order valence-corrected chi connectivity index (χ3v) is 38.4. The van der Waals surface area contributed by atoms with Gasteiger partial charge in [0.2, 0.25) is 0 Å². The number of rotatable bonds is 4. The van der Waals surface area contributed by atoms with E-state index >= 15 is 0 Å². The van der Waals surface area contributed by atoms with Gasteiger partial charge in [-0.25, -0.2) is 0 Å². The second-order valence-corrected chi connectivity index (χ2v) is 43.2.